The highest BCUT2D eigenvalue weighted by Crippen LogP contribution is 2.25. The van der Waals surface area contributed by atoms with Gasteiger partial charge in [-0.2, -0.15) is 5.26 Å². The quantitative estimate of drug-likeness (QED) is 0.893. The van der Waals surface area contributed by atoms with Gasteiger partial charge < -0.3 is 15.2 Å². The SMILES string of the molecule is N#Cc1c[nH]c(C(=O)N2CCNC(c3ccccc3Cl)C2)c1. The van der Waals surface area contributed by atoms with Crippen molar-refractivity contribution in [3.8, 4) is 6.07 Å². The predicted molar refractivity (Wildman–Crippen MR) is 83.6 cm³/mol. The van der Waals surface area contributed by atoms with Crippen LogP contribution in [-0.2, 0) is 0 Å². The first-order valence-corrected chi connectivity index (χ1v) is 7.42. The van der Waals surface area contributed by atoms with Crippen molar-refractivity contribution < 1.29 is 4.79 Å². The summed E-state index contributed by atoms with van der Waals surface area (Å²) in [5.41, 5.74) is 1.89. The molecule has 2 heterocycles. The van der Waals surface area contributed by atoms with E-state index < -0.39 is 0 Å². The molecule has 1 aromatic heterocycles. The Labute approximate surface area is 133 Å². The lowest BCUT2D eigenvalue weighted by Crippen LogP contribution is -2.48. The molecular formula is C16H15ClN4O. The minimum absolute atomic E-state index is 0.0109. The van der Waals surface area contributed by atoms with Crippen LogP contribution < -0.4 is 5.32 Å². The molecule has 112 valence electrons. The van der Waals surface area contributed by atoms with Crippen LogP contribution in [0.4, 0.5) is 0 Å². The largest absolute Gasteiger partial charge is 0.356 e. The fourth-order valence-electron chi connectivity index (χ4n) is 2.65. The number of nitrogens with zero attached hydrogens (tertiary/aromatic N) is 2. The summed E-state index contributed by atoms with van der Waals surface area (Å²) in [6.07, 6.45) is 1.54. The van der Waals surface area contributed by atoms with Gasteiger partial charge in [0.2, 0.25) is 0 Å². The number of nitrogens with one attached hydrogen (secondary N) is 2. The number of benzene rings is 1. The topological polar surface area (TPSA) is 71.9 Å². The van der Waals surface area contributed by atoms with Gasteiger partial charge in [0, 0.05) is 30.9 Å². The van der Waals surface area contributed by atoms with E-state index in [1.165, 1.54) is 0 Å². The van der Waals surface area contributed by atoms with E-state index in [2.05, 4.69) is 10.3 Å². The summed E-state index contributed by atoms with van der Waals surface area (Å²) in [6, 6.07) is 11.3. The van der Waals surface area contributed by atoms with Crippen molar-refractivity contribution in [3.05, 3.63) is 58.4 Å². The maximum absolute atomic E-state index is 12.5. The van der Waals surface area contributed by atoms with Gasteiger partial charge >= 0.3 is 0 Å². The number of aromatic amines is 1. The van der Waals surface area contributed by atoms with Crippen LogP contribution in [0.2, 0.25) is 5.02 Å². The second-order valence-corrected chi connectivity index (χ2v) is 5.60. The van der Waals surface area contributed by atoms with Crippen molar-refractivity contribution in [2.45, 2.75) is 6.04 Å². The fourth-order valence-corrected chi connectivity index (χ4v) is 2.92. The van der Waals surface area contributed by atoms with Crippen LogP contribution in [-0.4, -0.2) is 35.4 Å². The number of hydrogen-bond acceptors (Lipinski definition) is 3. The van der Waals surface area contributed by atoms with Crippen molar-refractivity contribution >= 4 is 17.5 Å². The van der Waals surface area contributed by atoms with Gasteiger partial charge in [-0.15, -0.1) is 0 Å². The fraction of sp³-hybridized carbons (Fsp3) is 0.250. The summed E-state index contributed by atoms with van der Waals surface area (Å²) in [5, 5.41) is 12.9. The first kappa shape index (κ1) is 14.6. The van der Waals surface area contributed by atoms with Crippen LogP contribution in [0.15, 0.2) is 36.5 Å². The van der Waals surface area contributed by atoms with Gasteiger partial charge in [-0.1, -0.05) is 29.8 Å². The molecule has 0 bridgehead atoms. The Balaban J connectivity index is 1.77. The number of aromatic nitrogens is 1. The van der Waals surface area contributed by atoms with E-state index in [4.69, 9.17) is 16.9 Å². The molecule has 1 saturated heterocycles. The van der Waals surface area contributed by atoms with Gasteiger partial charge in [0.05, 0.1) is 11.6 Å². The molecule has 0 saturated carbocycles. The van der Waals surface area contributed by atoms with E-state index in [-0.39, 0.29) is 11.9 Å². The van der Waals surface area contributed by atoms with Crippen LogP contribution in [0.1, 0.15) is 27.7 Å². The highest BCUT2D eigenvalue weighted by Gasteiger charge is 2.26. The van der Waals surface area contributed by atoms with Crippen molar-refractivity contribution in [2.75, 3.05) is 19.6 Å². The molecule has 22 heavy (non-hydrogen) atoms. The Hall–Kier alpha value is -2.29. The number of amides is 1. The molecule has 0 aliphatic carbocycles. The molecule has 1 aromatic carbocycles. The van der Waals surface area contributed by atoms with E-state index in [1.54, 1.807) is 17.2 Å². The van der Waals surface area contributed by atoms with Gasteiger partial charge in [-0.25, -0.2) is 0 Å². The molecule has 0 radical (unpaired) electrons. The molecule has 5 nitrogen and oxygen atoms in total. The zero-order valence-electron chi connectivity index (χ0n) is 11.8. The lowest BCUT2D eigenvalue weighted by atomic mass is 10.0. The minimum Gasteiger partial charge on any atom is -0.356 e. The highest BCUT2D eigenvalue weighted by molar-refractivity contribution is 6.31. The summed E-state index contributed by atoms with van der Waals surface area (Å²) in [5.74, 6) is -0.0972. The molecule has 1 aliphatic rings. The lowest BCUT2D eigenvalue weighted by molar-refractivity contribution is 0.0697. The Morgan fingerprint density at radius 1 is 1.41 bits per heavy atom. The minimum atomic E-state index is -0.0972. The molecule has 0 spiro atoms. The van der Waals surface area contributed by atoms with Crippen molar-refractivity contribution in [2.24, 2.45) is 0 Å². The molecule has 1 fully saturated rings. The second kappa shape index (κ2) is 6.22. The molecule has 1 amide bonds. The van der Waals surface area contributed by atoms with Crippen LogP contribution in [0.5, 0.6) is 0 Å². The summed E-state index contributed by atoms with van der Waals surface area (Å²) in [7, 11) is 0. The van der Waals surface area contributed by atoms with Gasteiger partial charge in [-0.05, 0) is 17.7 Å². The Morgan fingerprint density at radius 2 is 2.23 bits per heavy atom. The normalized spacial score (nSPS) is 18.0. The standard InChI is InChI=1S/C16H15ClN4O/c17-13-4-2-1-3-12(13)15-10-21(6-5-19-15)16(22)14-7-11(8-18)9-20-14/h1-4,7,9,15,19-20H,5-6,10H2. The molecule has 1 unspecified atom stereocenters. The molecule has 1 aliphatic heterocycles. The molecule has 1 atom stereocenters. The third kappa shape index (κ3) is 2.84. The van der Waals surface area contributed by atoms with Crippen molar-refractivity contribution in [1.82, 2.24) is 15.2 Å². The third-order valence-electron chi connectivity index (χ3n) is 3.79. The van der Waals surface area contributed by atoms with Gasteiger partial charge in [0.15, 0.2) is 0 Å². The maximum Gasteiger partial charge on any atom is 0.270 e. The van der Waals surface area contributed by atoms with E-state index >= 15 is 0 Å². The van der Waals surface area contributed by atoms with Gasteiger partial charge in [0.25, 0.3) is 5.91 Å². The van der Waals surface area contributed by atoms with E-state index in [0.717, 1.165) is 5.56 Å². The summed E-state index contributed by atoms with van der Waals surface area (Å²) < 4.78 is 0. The van der Waals surface area contributed by atoms with E-state index in [1.807, 2.05) is 30.3 Å². The first-order chi connectivity index (χ1) is 10.7. The number of rotatable bonds is 2. The molecule has 3 rings (SSSR count). The van der Waals surface area contributed by atoms with Crippen LogP contribution in [0.3, 0.4) is 0 Å². The molecule has 2 aromatic rings. The summed E-state index contributed by atoms with van der Waals surface area (Å²) in [6.45, 7) is 1.87. The number of hydrogen-bond donors (Lipinski definition) is 2. The van der Waals surface area contributed by atoms with E-state index in [0.29, 0.717) is 35.9 Å². The molecule has 6 heteroatoms. The van der Waals surface area contributed by atoms with Gasteiger partial charge in [-0.3, -0.25) is 4.79 Å². The highest BCUT2D eigenvalue weighted by atomic mass is 35.5. The Kier molecular flexibility index (Phi) is 4.14. The van der Waals surface area contributed by atoms with Crippen LogP contribution >= 0.6 is 11.6 Å². The van der Waals surface area contributed by atoms with Gasteiger partial charge in [0.1, 0.15) is 11.8 Å². The van der Waals surface area contributed by atoms with Crippen LogP contribution in [0, 0.1) is 11.3 Å². The number of carbonyl (C=O) groups excluding carboxylic acids is 1. The number of carbonyl (C=O) groups is 1. The first-order valence-electron chi connectivity index (χ1n) is 7.04. The zero-order chi connectivity index (χ0) is 15.5. The third-order valence-corrected chi connectivity index (χ3v) is 4.13. The van der Waals surface area contributed by atoms with Crippen LogP contribution in [0.25, 0.3) is 0 Å². The summed E-state index contributed by atoms with van der Waals surface area (Å²) >= 11 is 6.24. The average Bonchev–Trinajstić information content (AvgIpc) is 3.04. The average molecular weight is 315 g/mol. The monoisotopic (exact) mass is 314 g/mol. The smallest absolute Gasteiger partial charge is 0.270 e. The summed E-state index contributed by atoms with van der Waals surface area (Å²) in [4.78, 5) is 17.2. The zero-order valence-corrected chi connectivity index (χ0v) is 12.6. The number of nitriles is 1. The second-order valence-electron chi connectivity index (χ2n) is 5.19. The molecular weight excluding hydrogens is 300 g/mol. The van der Waals surface area contributed by atoms with Crippen molar-refractivity contribution in [3.63, 3.8) is 0 Å². The van der Waals surface area contributed by atoms with Crippen molar-refractivity contribution in [1.29, 1.82) is 5.26 Å². The lowest BCUT2D eigenvalue weighted by Gasteiger charge is -2.34. The Morgan fingerprint density at radius 3 is 2.95 bits per heavy atom. The number of halogens is 1. The molecule has 2 N–H and O–H groups in total. The predicted octanol–water partition coefficient (Wildman–Crippen LogP) is 2.33. The number of H-pyrrole nitrogens is 1. The maximum atomic E-state index is 12.5. The Bertz CT molecular complexity index is 734. The van der Waals surface area contributed by atoms with E-state index in [9.17, 15) is 4.79 Å². The number of piperazine rings is 1.